The number of carbonyl (C=O) groups excluding carboxylic acids is 2. The Bertz CT molecular complexity index is 217. The third-order valence-electron chi connectivity index (χ3n) is 1.70. The molecule has 2 amide bonds. The lowest BCUT2D eigenvalue weighted by molar-refractivity contribution is -0.153. The van der Waals surface area contributed by atoms with E-state index in [-0.39, 0.29) is 6.04 Å². The molecular formula is C8H18N4O2. The summed E-state index contributed by atoms with van der Waals surface area (Å²) in [6, 6.07) is -0.221. The summed E-state index contributed by atoms with van der Waals surface area (Å²) in [5.74, 6) is 9.17. The highest BCUT2D eigenvalue weighted by Gasteiger charge is 2.24. The first-order chi connectivity index (χ1) is 6.41. The SMILES string of the molecule is CCCN(N)C(=O)C(=O)N(N)C(C)C. The Hall–Kier alpha value is -1.14. The highest BCUT2D eigenvalue weighted by molar-refractivity contribution is 6.34. The Morgan fingerprint density at radius 1 is 1.21 bits per heavy atom. The second-order valence-electron chi connectivity index (χ2n) is 3.30. The van der Waals surface area contributed by atoms with Gasteiger partial charge in [-0.2, -0.15) is 0 Å². The molecular weight excluding hydrogens is 184 g/mol. The molecule has 0 atom stereocenters. The molecule has 0 aromatic heterocycles. The molecule has 0 radical (unpaired) electrons. The number of nitrogens with zero attached hydrogens (tertiary/aromatic N) is 2. The quantitative estimate of drug-likeness (QED) is 0.271. The summed E-state index contributed by atoms with van der Waals surface area (Å²) < 4.78 is 0. The van der Waals surface area contributed by atoms with E-state index >= 15 is 0 Å². The fraction of sp³-hybridized carbons (Fsp3) is 0.750. The van der Waals surface area contributed by atoms with Crippen LogP contribution < -0.4 is 11.7 Å². The minimum atomic E-state index is -0.782. The highest BCUT2D eigenvalue weighted by atomic mass is 16.2. The lowest BCUT2D eigenvalue weighted by Crippen LogP contribution is -2.53. The Kier molecular flexibility index (Phi) is 5.11. The van der Waals surface area contributed by atoms with Crippen molar-refractivity contribution in [3.8, 4) is 0 Å². The number of hydrogen-bond donors (Lipinski definition) is 2. The van der Waals surface area contributed by atoms with Crippen LogP contribution in [0.1, 0.15) is 27.2 Å². The van der Waals surface area contributed by atoms with Crippen LogP contribution in [-0.2, 0) is 9.59 Å². The second-order valence-corrected chi connectivity index (χ2v) is 3.30. The zero-order chi connectivity index (χ0) is 11.3. The molecule has 0 rings (SSSR count). The summed E-state index contributed by atoms with van der Waals surface area (Å²) in [5.41, 5.74) is 0. The van der Waals surface area contributed by atoms with Crippen molar-refractivity contribution in [3.05, 3.63) is 0 Å². The normalized spacial score (nSPS) is 10.1. The van der Waals surface area contributed by atoms with E-state index in [1.807, 2.05) is 6.92 Å². The molecule has 0 aromatic carbocycles. The first-order valence-corrected chi connectivity index (χ1v) is 4.56. The molecule has 0 aliphatic heterocycles. The number of nitrogens with two attached hydrogens (primary N) is 2. The van der Waals surface area contributed by atoms with Gasteiger partial charge >= 0.3 is 11.8 Å². The molecule has 14 heavy (non-hydrogen) atoms. The van der Waals surface area contributed by atoms with Crippen LogP contribution >= 0.6 is 0 Å². The minimum absolute atomic E-state index is 0.221. The number of hydrazine groups is 2. The van der Waals surface area contributed by atoms with E-state index in [1.165, 1.54) is 0 Å². The predicted molar refractivity (Wildman–Crippen MR) is 52.4 cm³/mol. The first kappa shape index (κ1) is 12.9. The van der Waals surface area contributed by atoms with Gasteiger partial charge in [-0.1, -0.05) is 6.92 Å². The third-order valence-corrected chi connectivity index (χ3v) is 1.70. The third kappa shape index (κ3) is 3.31. The van der Waals surface area contributed by atoms with Gasteiger partial charge in [0.15, 0.2) is 0 Å². The van der Waals surface area contributed by atoms with Crippen LogP contribution in [0.5, 0.6) is 0 Å². The van der Waals surface area contributed by atoms with Gasteiger partial charge < -0.3 is 0 Å². The average Bonchev–Trinajstić information content (AvgIpc) is 2.14. The second kappa shape index (κ2) is 5.56. The van der Waals surface area contributed by atoms with E-state index in [1.54, 1.807) is 13.8 Å². The summed E-state index contributed by atoms with van der Waals surface area (Å²) in [4.78, 5) is 22.6. The zero-order valence-corrected chi connectivity index (χ0v) is 8.86. The molecule has 0 saturated heterocycles. The van der Waals surface area contributed by atoms with Gasteiger partial charge in [0, 0.05) is 12.6 Å². The molecule has 0 fully saturated rings. The Balaban J connectivity index is 4.32. The van der Waals surface area contributed by atoms with Crippen molar-refractivity contribution in [2.45, 2.75) is 33.2 Å². The van der Waals surface area contributed by atoms with Crippen LogP contribution in [-0.4, -0.2) is 34.4 Å². The maximum absolute atomic E-state index is 11.3. The number of amides is 2. The first-order valence-electron chi connectivity index (χ1n) is 4.56. The van der Waals surface area contributed by atoms with Crippen molar-refractivity contribution >= 4 is 11.8 Å². The lowest BCUT2D eigenvalue weighted by Gasteiger charge is -2.22. The molecule has 0 aliphatic carbocycles. The van der Waals surface area contributed by atoms with Crippen LogP contribution in [0.3, 0.4) is 0 Å². The van der Waals surface area contributed by atoms with Crippen LogP contribution in [0.4, 0.5) is 0 Å². The van der Waals surface area contributed by atoms with Crippen LogP contribution in [0.2, 0.25) is 0 Å². The van der Waals surface area contributed by atoms with Gasteiger partial charge in [0.1, 0.15) is 0 Å². The fourth-order valence-electron chi connectivity index (χ4n) is 0.810. The van der Waals surface area contributed by atoms with Crippen molar-refractivity contribution in [1.82, 2.24) is 10.0 Å². The number of carbonyl (C=O) groups is 2. The largest absolute Gasteiger partial charge is 0.327 e. The summed E-state index contributed by atoms with van der Waals surface area (Å²) in [5, 5.41) is 1.75. The highest BCUT2D eigenvalue weighted by Crippen LogP contribution is 1.94. The van der Waals surface area contributed by atoms with Crippen molar-refractivity contribution in [3.63, 3.8) is 0 Å². The van der Waals surface area contributed by atoms with E-state index in [0.29, 0.717) is 13.0 Å². The monoisotopic (exact) mass is 202 g/mol. The molecule has 6 heteroatoms. The summed E-state index contributed by atoms with van der Waals surface area (Å²) in [7, 11) is 0. The van der Waals surface area contributed by atoms with Gasteiger partial charge in [0.25, 0.3) is 0 Å². The van der Waals surface area contributed by atoms with Crippen LogP contribution in [0.15, 0.2) is 0 Å². The minimum Gasteiger partial charge on any atom is -0.272 e. The molecule has 0 saturated carbocycles. The summed E-state index contributed by atoms with van der Waals surface area (Å²) in [6.07, 6.45) is 0.696. The molecule has 0 aromatic rings. The van der Waals surface area contributed by atoms with E-state index in [2.05, 4.69) is 0 Å². The number of hydrogen-bond acceptors (Lipinski definition) is 4. The maximum Gasteiger partial charge on any atom is 0.327 e. The maximum atomic E-state index is 11.3. The van der Waals surface area contributed by atoms with Gasteiger partial charge in [-0.3, -0.25) is 19.6 Å². The Labute approximate surface area is 83.8 Å². The van der Waals surface area contributed by atoms with E-state index in [4.69, 9.17) is 11.7 Å². The molecule has 82 valence electrons. The average molecular weight is 202 g/mol. The standard InChI is InChI=1S/C8H18N4O2/c1-4-5-11(9)7(13)8(14)12(10)6(2)3/h6H,4-5,9-10H2,1-3H3. The molecule has 0 spiro atoms. The molecule has 4 N–H and O–H groups in total. The van der Waals surface area contributed by atoms with E-state index in [0.717, 1.165) is 10.0 Å². The Morgan fingerprint density at radius 2 is 1.71 bits per heavy atom. The molecule has 0 unspecified atom stereocenters. The molecule has 0 heterocycles. The van der Waals surface area contributed by atoms with Gasteiger partial charge in [-0.15, -0.1) is 0 Å². The molecule has 6 nitrogen and oxygen atoms in total. The lowest BCUT2D eigenvalue weighted by atomic mass is 10.3. The van der Waals surface area contributed by atoms with Crippen LogP contribution in [0.25, 0.3) is 0 Å². The summed E-state index contributed by atoms with van der Waals surface area (Å²) in [6.45, 7) is 5.63. The topological polar surface area (TPSA) is 92.7 Å². The summed E-state index contributed by atoms with van der Waals surface area (Å²) >= 11 is 0. The van der Waals surface area contributed by atoms with Crippen LogP contribution in [0, 0.1) is 0 Å². The van der Waals surface area contributed by atoms with E-state index < -0.39 is 11.8 Å². The van der Waals surface area contributed by atoms with Gasteiger partial charge in [0.05, 0.1) is 0 Å². The van der Waals surface area contributed by atoms with Crippen molar-refractivity contribution < 1.29 is 9.59 Å². The molecule has 0 aliphatic rings. The van der Waals surface area contributed by atoms with Gasteiger partial charge in [-0.05, 0) is 20.3 Å². The van der Waals surface area contributed by atoms with Crippen molar-refractivity contribution in [2.24, 2.45) is 11.7 Å². The van der Waals surface area contributed by atoms with Gasteiger partial charge in [-0.25, -0.2) is 11.7 Å². The van der Waals surface area contributed by atoms with E-state index in [9.17, 15) is 9.59 Å². The smallest absolute Gasteiger partial charge is 0.272 e. The van der Waals surface area contributed by atoms with Crippen molar-refractivity contribution in [1.29, 1.82) is 0 Å². The predicted octanol–water partition coefficient (Wildman–Crippen LogP) is -0.791. The van der Waals surface area contributed by atoms with Gasteiger partial charge in [0.2, 0.25) is 0 Å². The van der Waals surface area contributed by atoms with Crippen molar-refractivity contribution in [2.75, 3.05) is 6.54 Å². The molecule has 0 bridgehead atoms. The fourth-order valence-corrected chi connectivity index (χ4v) is 0.810. The zero-order valence-electron chi connectivity index (χ0n) is 8.86. The Morgan fingerprint density at radius 3 is 2.07 bits per heavy atom. The number of rotatable bonds is 3.